The molecule has 1 atom stereocenters. The molecule has 0 saturated heterocycles. The topological polar surface area (TPSA) is 58.6 Å². The molecule has 4 heteroatoms. The number of rotatable bonds is 6. The van der Waals surface area contributed by atoms with Gasteiger partial charge in [-0.3, -0.25) is 4.79 Å². The van der Waals surface area contributed by atoms with Crippen LogP contribution < -0.4 is 10.1 Å². The fourth-order valence-electron chi connectivity index (χ4n) is 2.09. The van der Waals surface area contributed by atoms with Crippen molar-refractivity contribution in [3.63, 3.8) is 0 Å². The summed E-state index contributed by atoms with van der Waals surface area (Å²) in [4.78, 5) is 12.4. The van der Waals surface area contributed by atoms with Crippen LogP contribution in [0.1, 0.15) is 28.9 Å². The first-order chi connectivity index (χ1) is 10.3. The van der Waals surface area contributed by atoms with Crippen molar-refractivity contribution in [2.45, 2.75) is 13.0 Å². The molecule has 0 aliphatic heterocycles. The fraction of sp³-hybridized carbons (Fsp3) is 0.235. The largest absolute Gasteiger partial charge is 0.493 e. The SMILES string of the molecule is CCOc1ccccc1C(=O)N[C@@H](CO)c1ccccc1. The highest BCUT2D eigenvalue weighted by molar-refractivity contribution is 5.97. The Bertz CT molecular complexity index is 584. The molecule has 2 aromatic rings. The lowest BCUT2D eigenvalue weighted by molar-refractivity contribution is 0.0912. The summed E-state index contributed by atoms with van der Waals surface area (Å²) in [5.74, 6) is 0.282. The Hall–Kier alpha value is -2.33. The van der Waals surface area contributed by atoms with E-state index in [-0.39, 0.29) is 12.5 Å². The molecule has 2 N–H and O–H groups in total. The maximum absolute atomic E-state index is 12.4. The first kappa shape index (κ1) is 15.1. The molecule has 110 valence electrons. The summed E-state index contributed by atoms with van der Waals surface area (Å²) in [6, 6.07) is 16.0. The predicted octanol–water partition coefficient (Wildman–Crippen LogP) is 2.55. The Balaban J connectivity index is 2.17. The van der Waals surface area contributed by atoms with Crippen LogP contribution in [0.25, 0.3) is 0 Å². The molecule has 0 spiro atoms. The number of carbonyl (C=O) groups is 1. The standard InChI is InChI=1S/C17H19NO3/c1-2-21-16-11-7-6-10-14(16)17(20)18-15(12-19)13-8-4-3-5-9-13/h3-11,15,19H,2,12H2,1H3,(H,18,20)/t15-/m0/s1. The average molecular weight is 285 g/mol. The highest BCUT2D eigenvalue weighted by Crippen LogP contribution is 2.19. The van der Waals surface area contributed by atoms with E-state index in [0.29, 0.717) is 17.9 Å². The zero-order valence-electron chi connectivity index (χ0n) is 12.0. The number of hydrogen-bond acceptors (Lipinski definition) is 3. The van der Waals surface area contributed by atoms with E-state index in [9.17, 15) is 9.90 Å². The van der Waals surface area contributed by atoms with Gasteiger partial charge in [0.05, 0.1) is 24.8 Å². The maximum atomic E-state index is 12.4. The van der Waals surface area contributed by atoms with Gasteiger partial charge in [-0.05, 0) is 24.6 Å². The number of para-hydroxylation sites is 1. The third kappa shape index (κ3) is 3.83. The molecule has 0 fully saturated rings. The molecule has 0 aliphatic carbocycles. The summed E-state index contributed by atoms with van der Waals surface area (Å²) in [7, 11) is 0. The maximum Gasteiger partial charge on any atom is 0.255 e. The minimum absolute atomic E-state index is 0.160. The van der Waals surface area contributed by atoms with Gasteiger partial charge in [-0.1, -0.05) is 42.5 Å². The van der Waals surface area contributed by atoms with Crippen molar-refractivity contribution in [3.8, 4) is 5.75 Å². The molecule has 2 rings (SSSR count). The summed E-state index contributed by atoms with van der Waals surface area (Å²) in [6.07, 6.45) is 0. The molecule has 1 amide bonds. The Morgan fingerprint density at radius 1 is 1.14 bits per heavy atom. The van der Waals surface area contributed by atoms with Crippen LogP contribution >= 0.6 is 0 Å². The fourth-order valence-corrected chi connectivity index (χ4v) is 2.09. The Morgan fingerprint density at radius 2 is 1.81 bits per heavy atom. The molecule has 2 aromatic carbocycles. The van der Waals surface area contributed by atoms with Gasteiger partial charge >= 0.3 is 0 Å². The van der Waals surface area contributed by atoms with E-state index in [1.807, 2.05) is 43.3 Å². The van der Waals surface area contributed by atoms with Crippen LogP contribution in [0.5, 0.6) is 5.75 Å². The molecule has 0 bridgehead atoms. The lowest BCUT2D eigenvalue weighted by Gasteiger charge is -2.18. The minimum atomic E-state index is -0.437. The van der Waals surface area contributed by atoms with E-state index >= 15 is 0 Å². The summed E-state index contributed by atoms with van der Waals surface area (Å²) in [5.41, 5.74) is 1.33. The van der Waals surface area contributed by atoms with Gasteiger partial charge < -0.3 is 15.2 Å². The molecule has 4 nitrogen and oxygen atoms in total. The van der Waals surface area contributed by atoms with Crippen LogP contribution in [0, 0.1) is 0 Å². The van der Waals surface area contributed by atoms with E-state index < -0.39 is 6.04 Å². The van der Waals surface area contributed by atoms with Crippen molar-refractivity contribution in [2.24, 2.45) is 0 Å². The number of aliphatic hydroxyl groups is 1. The number of hydrogen-bond donors (Lipinski definition) is 2. The summed E-state index contributed by atoms with van der Waals surface area (Å²) in [5, 5.41) is 12.3. The summed E-state index contributed by atoms with van der Waals surface area (Å²) < 4.78 is 5.46. The van der Waals surface area contributed by atoms with E-state index in [0.717, 1.165) is 5.56 Å². The number of nitrogens with one attached hydrogen (secondary N) is 1. The lowest BCUT2D eigenvalue weighted by Crippen LogP contribution is -2.31. The number of carbonyl (C=O) groups excluding carboxylic acids is 1. The van der Waals surface area contributed by atoms with E-state index in [4.69, 9.17) is 4.74 Å². The van der Waals surface area contributed by atoms with Crippen LogP contribution in [-0.2, 0) is 0 Å². The smallest absolute Gasteiger partial charge is 0.255 e. The third-order valence-corrected chi connectivity index (χ3v) is 3.12. The van der Waals surface area contributed by atoms with E-state index in [1.54, 1.807) is 18.2 Å². The number of amides is 1. The molecule has 0 radical (unpaired) electrons. The van der Waals surface area contributed by atoms with E-state index in [2.05, 4.69) is 5.32 Å². The predicted molar refractivity (Wildman–Crippen MR) is 81.3 cm³/mol. The Labute approximate surface area is 124 Å². The van der Waals surface area contributed by atoms with Crippen LogP contribution in [0.3, 0.4) is 0 Å². The lowest BCUT2D eigenvalue weighted by atomic mass is 10.1. The normalized spacial score (nSPS) is 11.7. The first-order valence-corrected chi connectivity index (χ1v) is 6.94. The van der Waals surface area contributed by atoms with Gasteiger partial charge in [-0.25, -0.2) is 0 Å². The molecule has 0 saturated carbocycles. The Kier molecular flexibility index (Phi) is 5.35. The van der Waals surface area contributed by atoms with Crippen molar-refractivity contribution in [3.05, 3.63) is 65.7 Å². The molecule has 0 aromatic heterocycles. The highest BCUT2D eigenvalue weighted by atomic mass is 16.5. The van der Waals surface area contributed by atoms with Crippen molar-refractivity contribution in [2.75, 3.05) is 13.2 Å². The van der Waals surface area contributed by atoms with Crippen LogP contribution in [-0.4, -0.2) is 24.2 Å². The van der Waals surface area contributed by atoms with Crippen LogP contribution in [0.15, 0.2) is 54.6 Å². The first-order valence-electron chi connectivity index (χ1n) is 6.94. The van der Waals surface area contributed by atoms with Crippen LogP contribution in [0.2, 0.25) is 0 Å². The Morgan fingerprint density at radius 3 is 2.48 bits per heavy atom. The zero-order valence-corrected chi connectivity index (χ0v) is 12.0. The number of benzene rings is 2. The second kappa shape index (κ2) is 7.45. The molecular weight excluding hydrogens is 266 g/mol. The van der Waals surface area contributed by atoms with Gasteiger partial charge in [0.2, 0.25) is 0 Å². The highest BCUT2D eigenvalue weighted by Gasteiger charge is 2.17. The number of aliphatic hydroxyl groups excluding tert-OH is 1. The van der Waals surface area contributed by atoms with Crippen molar-refractivity contribution < 1.29 is 14.6 Å². The van der Waals surface area contributed by atoms with Crippen molar-refractivity contribution in [1.29, 1.82) is 0 Å². The average Bonchev–Trinajstić information content (AvgIpc) is 2.54. The van der Waals surface area contributed by atoms with Crippen molar-refractivity contribution in [1.82, 2.24) is 5.32 Å². The molecule has 0 aliphatic rings. The van der Waals surface area contributed by atoms with Crippen molar-refractivity contribution >= 4 is 5.91 Å². The molecule has 0 unspecified atom stereocenters. The molecule has 21 heavy (non-hydrogen) atoms. The van der Waals surface area contributed by atoms with Gasteiger partial charge in [0, 0.05) is 0 Å². The van der Waals surface area contributed by atoms with Gasteiger partial charge in [-0.2, -0.15) is 0 Å². The zero-order chi connectivity index (χ0) is 15.1. The minimum Gasteiger partial charge on any atom is -0.493 e. The summed E-state index contributed by atoms with van der Waals surface area (Å²) in [6.45, 7) is 2.20. The molecule has 0 heterocycles. The third-order valence-electron chi connectivity index (χ3n) is 3.12. The van der Waals surface area contributed by atoms with Gasteiger partial charge in [-0.15, -0.1) is 0 Å². The second-order valence-electron chi connectivity index (χ2n) is 4.55. The second-order valence-corrected chi connectivity index (χ2v) is 4.55. The van der Waals surface area contributed by atoms with E-state index in [1.165, 1.54) is 0 Å². The van der Waals surface area contributed by atoms with Gasteiger partial charge in [0.15, 0.2) is 0 Å². The summed E-state index contributed by atoms with van der Waals surface area (Å²) >= 11 is 0. The van der Waals surface area contributed by atoms with Gasteiger partial charge in [0.1, 0.15) is 5.75 Å². The van der Waals surface area contributed by atoms with Crippen LogP contribution in [0.4, 0.5) is 0 Å². The number of ether oxygens (including phenoxy) is 1. The van der Waals surface area contributed by atoms with Gasteiger partial charge in [0.25, 0.3) is 5.91 Å². The quantitative estimate of drug-likeness (QED) is 0.857. The monoisotopic (exact) mass is 285 g/mol. The molecular formula is C17H19NO3.